The fraction of sp³-hybridized carbons (Fsp3) is 0.538. The highest BCUT2D eigenvalue weighted by Crippen LogP contribution is 2.28. The second-order valence-electron chi connectivity index (χ2n) is 4.22. The van der Waals surface area contributed by atoms with E-state index in [-0.39, 0.29) is 6.04 Å². The van der Waals surface area contributed by atoms with Crippen molar-refractivity contribution in [2.24, 2.45) is 0 Å². The summed E-state index contributed by atoms with van der Waals surface area (Å²) in [6.45, 7) is 7.40. The van der Waals surface area contributed by atoms with E-state index in [1.165, 1.54) is 5.56 Å². The first-order valence-electron chi connectivity index (χ1n) is 5.56. The molecule has 1 unspecified atom stereocenters. The van der Waals surface area contributed by atoms with Crippen LogP contribution >= 0.6 is 0 Å². The van der Waals surface area contributed by atoms with Gasteiger partial charge in [-0.05, 0) is 39.9 Å². The molecular weight excluding hydrogens is 186 g/mol. The minimum Gasteiger partial charge on any atom is -0.508 e. The first-order valence-corrected chi connectivity index (χ1v) is 5.56. The molecule has 0 spiro atoms. The van der Waals surface area contributed by atoms with Crippen LogP contribution in [0.25, 0.3) is 0 Å². The summed E-state index contributed by atoms with van der Waals surface area (Å²) in [5, 5.41) is 9.80. The highest BCUT2D eigenvalue weighted by atomic mass is 16.3. The Balaban J connectivity index is 2.89. The first kappa shape index (κ1) is 12.1. The lowest BCUT2D eigenvalue weighted by atomic mass is 10.0. The Bertz CT molecular complexity index is 322. The highest BCUT2D eigenvalue weighted by molar-refractivity contribution is 5.37. The van der Waals surface area contributed by atoms with Crippen LogP contribution in [-0.2, 0) is 0 Å². The van der Waals surface area contributed by atoms with E-state index in [1.54, 1.807) is 6.07 Å². The van der Waals surface area contributed by atoms with E-state index in [2.05, 4.69) is 38.8 Å². The maximum absolute atomic E-state index is 9.80. The fourth-order valence-electron chi connectivity index (χ4n) is 1.79. The topological polar surface area (TPSA) is 23.5 Å². The third-order valence-corrected chi connectivity index (χ3v) is 2.87. The summed E-state index contributed by atoms with van der Waals surface area (Å²) in [6.07, 6.45) is 1.13. The molecule has 84 valence electrons. The normalized spacial score (nSPS) is 13.1. The molecule has 15 heavy (non-hydrogen) atoms. The van der Waals surface area contributed by atoms with Crippen molar-refractivity contribution in [1.82, 2.24) is 4.90 Å². The van der Waals surface area contributed by atoms with Crippen molar-refractivity contribution in [1.29, 1.82) is 0 Å². The average molecular weight is 207 g/mol. The molecule has 0 fully saturated rings. The summed E-state index contributed by atoms with van der Waals surface area (Å²) in [5.74, 6) is 0.399. The van der Waals surface area contributed by atoms with Crippen LogP contribution in [0.4, 0.5) is 0 Å². The smallest absolute Gasteiger partial charge is 0.120 e. The van der Waals surface area contributed by atoms with E-state index in [4.69, 9.17) is 0 Å². The number of rotatable bonds is 4. The molecule has 0 heterocycles. The predicted octanol–water partition coefficient (Wildman–Crippen LogP) is 3.10. The van der Waals surface area contributed by atoms with Gasteiger partial charge < -0.3 is 5.11 Å². The lowest BCUT2D eigenvalue weighted by Gasteiger charge is -2.25. The Morgan fingerprint density at radius 3 is 2.67 bits per heavy atom. The predicted molar refractivity (Wildman–Crippen MR) is 64.2 cm³/mol. The van der Waals surface area contributed by atoms with Crippen molar-refractivity contribution in [3.63, 3.8) is 0 Å². The maximum atomic E-state index is 9.80. The standard InChI is InChI=1S/C13H21NO/c1-5-8-14(4)11(3)12-9-10(2)6-7-13(12)15/h6-7,9,11,15H,5,8H2,1-4H3. The summed E-state index contributed by atoms with van der Waals surface area (Å²) in [5.41, 5.74) is 2.21. The van der Waals surface area contributed by atoms with Crippen molar-refractivity contribution < 1.29 is 5.11 Å². The number of nitrogens with zero attached hydrogens (tertiary/aromatic N) is 1. The van der Waals surface area contributed by atoms with Crippen LogP contribution in [0.5, 0.6) is 5.75 Å². The molecule has 1 aromatic carbocycles. The van der Waals surface area contributed by atoms with Gasteiger partial charge in [0.25, 0.3) is 0 Å². The average Bonchev–Trinajstić information content (AvgIpc) is 2.21. The van der Waals surface area contributed by atoms with Gasteiger partial charge in [-0.3, -0.25) is 4.90 Å². The van der Waals surface area contributed by atoms with E-state index < -0.39 is 0 Å². The third-order valence-electron chi connectivity index (χ3n) is 2.87. The van der Waals surface area contributed by atoms with Crippen LogP contribution in [0, 0.1) is 6.92 Å². The van der Waals surface area contributed by atoms with E-state index in [9.17, 15) is 5.11 Å². The molecule has 0 aliphatic heterocycles. The van der Waals surface area contributed by atoms with Crippen LogP contribution in [0.15, 0.2) is 18.2 Å². The van der Waals surface area contributed by atoms with Gasteiger partial charge in [-0.1, -0.05) is 24.6 Å². The first-order chi connectivity index (χ1) is 7.06. The van der Waals surface area contributed by atoms with Gasteiger partial charge in [0.2, 0.25) is 0 Å². The zero-order valence-electron chi connectivity index (χ0n) is 10.1. The number of aromatic hydroxyl groups is 1. The summed E-state index contributed by atoms with van der Waals surface area (Å²) in [4.78, 5) is 2.26. The minimum atomic E-state index is 0.268. The number of aryl methyl sites for hydroxylation is 1. The van der Waals surface area contributed by atoms with Gasteiger partial charge in [0.05, 0.1) is 0 Å². The summed E-state index contributed by atoms with van der Waals surface area (Å²) >= 11 is 0. The van der Waals surface area contributed by atoms with Crippen molar-refractivity contribution in [2.75, 3.05) is 13.6 Å². The van der Waals surface area contributed by atoms with E-state index >= 15 is 0 Å². The fourth-order valence-corrected chi connectivity index (χ4v) is 1.79. The monoisotopic (exact) mass is 207 g/mol. The largest absolute Gasteiger partial charge is 0.508 e. The highest BCUT2D eigenvalue weighted by Gasteiger charge is 2.14. The van der Waals surface area contributed by atoms with Crippen molar-refractivity contribution in [3.8, 4) is 5.75 Å². The summed E-state index contributed by atoms with van der Waals surface area (Å²) in [7, 11) is 2.09. The van der Waals surface area contributed by atoms with Gasteiger partial charge in [0, 0.05) is 11.6 Å². The lowest BCUT2D eigenvalue weighted by Crippen LogP contribution is -2.23. The van der Waals surface area contributed by atoms with Gasteiger partial charge in [-0.2, -0.15) is 0 Å². The Morgan fingerprint density at radius 2 is 2.07 bits per heavy atom. The minimum absolute atomic E-state index is 0.268. The number of phenols is 1. The Morgan fingerprint density at radius 1 is 1.40 bits per heavy atom. The number of phenolic OH excluding ortho intramolecular Hbond substituents is 1. The molecule has 0 bridgehead atoms. The Kier molecular flexibility index (Phi) is 4.15. The SMILES string of the molecule is CCCN(C)C(C)c1cc(C)ccc1O. The molecule has 0 aliphatic carbocycles. The number of hydrogen-bond acceptors (Lipinski definition) is 2. The zero-order valence-corrected chi connectivity index (χ0v) is 10.1. The van der Waals surface area contributed by atoms with Crippen molar-refractivity contribution in [3.05, 3.63) is 29.3 Å². The number of hydrogen-bond donors (Lipinski definition) is 1. The van der Waals surface area contributed by atoms with Gasteiger partial charge in [-0.25, -0.2) is 0 Å². The third kappa shape index (κ3) is 2.96. The van der Waals surface area contributed by atoms with Crippen LogP contribution in [0.2, 0.25) is 0 Å². The second kappa shape index (κ2) is 5.17. The van der Waals surface area contributed by atoms with Crippen LogP contribution in [0.3, 0.4) is 0 Å². The summed E-state index contributed by atoms with van der Waals surface area (Å²) in [6, 6.07) is 6.04. The molecule has 2 heteroatoms. The lowest BCUT2D eigenvalue weighted by molar-refractivity contribution is 0.257. The zero-order chi connectivity index (χ0) is 11.4. The molecule has 1 aromatic rings. The molecule has 2 nitrogen and oxygen atoms in total. The van der Waals surface area contributed by atoms with Gasteiger partial charge in [0.1, 0.15) is 5.75 Å². The van der Waals surface area contributed by atoms with Gasteiger partial charge in [0.15, 0.2) is 0 Å². The van der Waals surface area contributed by atoms with Crippen molar-refractivity contribution in [2.45, 2.75) is 33.2 Å². The number of benzene rings is 1. The van der Waals surface area contributed by atoms with Crippen molar-refractivity contribution >= 4 is 0 Å². The molecule has 0 saturated carbocycles. The molecule has 1 atom stereocenters. The molecule has 0 aromatic heterocycles. The molecule has 1 N–H and O–H groups in total. The Hall–Kier alpha value is -1.02. The van der Waals surface area contributed by atoms with Crippen LogP contribution in [-0.4, -0.2) is 23.6 Å². The van der Waals surface area contributed by atoms with E-state index in [1.807, 2.05) is 6.07 Å². The molecule has 0 saturated heterocycles. The molecule has 0 amide bonds. The van der Waals surface area contributed by atoms with Gasteiger partial charge in [-0.15, -0.1) is 0 Å². The maximum Gasteiger partial charge on any atom is 0.120 e. The summed E-state index contributed by atoms with van der Waals surface area (Å²) < 4.78 is 0. The molecule has 1 rings (SSSR count). The van der Waals surface area contributed by atoms with Crippen LogP contribution < -0.4 is 0 Å². The quantitative estimate of drug-likeness (QED) is 0.820. The molecule has 0 radical (unpaired) electrons. The molecule has 0 aliphatic rings. The molecular formula is C13H21NO. The van der Waals surface area contributed by atoms with Crippen LogP contribution in [0.1, 0.15) is 37.4 Å². The second-order valence-corrected chi connectivity index (χ2v) is 4.22. The van der Waals surface area contributed by atoms with E-state index in [0.717, 1.165) is 18.5 Å². The Labute approximate surface area is 92.5 Å². The van der Waals surface area contributed by atoms with E-state index in [0.29, 0.717) is 5.75 Å². The van der Waals surface area contributed by atoms with Gasteiger partial charge >= 0.3 is 0 Å².